The predicted molar refractivity (Wildman–Crippen MR) is 61.3 cm³/mol. The molecular formula is C12H13N3O. The van der Waals surface area contributed by atoms with Gasteiger partial charge < -0.3 is 9.72 Å². The van der Waals surface area contributed by atoms with Gasteiger partial charge in [-0.3, -0.25) is 4.79 Å². The molecule has 4 heteroatoms. The number of amides is 1. The molecule has 2 aromatic heterocycles. The largest absolute Gasteiger partial charge is 0.323 e. The lowest BCUT2D eigenvalue weighted by molar-refractivity contribution is -0.117. The molecule has 1 aliphatic rings. The Kier molecular flexibility index (Phi) is 1.96. The maximum atomic E-state index is 11.7. The fourth-order valence-corrected chi connectivity index (χ4v) is 1.81. The predicted octanol–water partition coefficient (Wildman–Crippen LogP) is 1.99. The first-order valence-corrected chi connectivity index (χ1v) is 5.49. The second-order valence-electron chi connectivity index (χ2n) is 4.28. The number of carbonyl (C=O) groups is 1. The molecule has 4 nitrogen and oxygen atoms in total. The van der Waals surface area contributed by atoms with Gasteiger partial charge in [-0.2, -0.15) is 0 Å². The van der Waals surface area contributed by atoms with Crippen LogP contribution in [0.2, 0.25) is 0 Å². The van der Waals surface area contributed by atoms with E-state index in [1.54, 1.807) is 0 Å². The number of aryl methyl sites for hydroxylation is 1. The molecule has 0 spiro atoms. The summed E-state index contributed by atoms with van der Waals surface area (Å²) in [6.45, 7) is 1.99. The lowest BCUT2D eigenvalue weighted by Gasteiger charge is -2.05. The van der Waals surface area contributed by atoms with Crippen LogP contribution < -0.4 is 5.32 Å². The van der Waals surface area contributed by atoms with Gasteiger partial charge >= 0.3 is 0 Å². The summed E-state index contributed by atoms with van der Waals surface area (Å²) < 4.78 is 1.97. The molecule has 1 fully saturated rings. The van der Waals surface area contributed by atoms with Gasteiger partial charge in [0.1, 0.15) is 0 Å². The third-order valence-electron chi connectivity index (χ3n) is 2.93. The minimum Gasteiger partial charge on any atom is -0.323 e. The molecule has 1 saturated carbocycles. The minimum atomic E-state index is 0.119. The van der Waals surface area contributed by atoms with Gasteiger partial charge in [-0.25, -0.2) is 4.98 Å². The molecule has 3 rings (SSSR count). The van der Waals surface area contributed by atoms with Crippen LogP contribution in [0.15, 0.2) is 24.5 Å². The Morgan fingerprint density at radius 3 is 3.12 bits per heavy atom. The fourth-order valence-electron chi connectivity index (χ4n) is 1.81. The number of carbonyl (C=O) groups excluding carboxylic acids is 1. The van der Waals surface area contributed by atoms with E-state index in [2.05, 4.69) is 10.3 Å². The molecule has 0 atom stereocenters. The zero-order valence-corrected chi connectivity index (χ0v) is 9.10. The summed E-state index contributed by atoms with van der Waals surface area (Å²) in [7, 11) is 0. The second-order valence-corrected chi connectivity index (χ2v) is 4.28. The van der Waals surface area contributed by atoms with Crippen molar-refractivity contribution in [2.75, 3.05) is 5.32 Å². The van der Waals surface area contributed by atoms with Crippen molar-refractivity contribution in [1.82, 2.24) is 9.38 Å². The van der Waals surface area contributed by atoms with Crippen LogP contribution >= 0.6 is 0 Å². The summed E-state index contributed by atoms with van der Waals surface area (Å²) >= 11 is 0. The number of hydrogen-bond donors (Lipinski definition) is 1. The van der Waals surface area contributed by atoms with Crippen molar-refractivity contribution in [3.63, 3.8) is 0 Å². The highest BCUT2D eigenvalue weighted by Crippen LogP contribution is 2.30. The van der Waals surface area contributed by atoms with E-state index in [9.17, 15) is 4.79 Å². The maximum Gasteiger partial charge on any atom is 0.227 e. The average molecular weight is 215 g/mol. The monoisotopic (exact) mass is 215 g/mol. The van der Waals surface area contributed by atoms with Gasteiger partial charge in [-0.15, -0.1) is 0 Å². The molecule has 1 N–H and O–H groups in total. The lowest BCUT2D eigenvalue weighted by atomic mass is 10.3. The number of anilines is 1. The molecule has 82 valence electrons. The van der Waals surface area contributed by atoms with Gasteiger partial charge in [0.25, 0.3) is 0 Å². The minimum absolute atomic E-state index is 0.119. The summed E-state index contributed by atoms with van der Waals surface area (Å²) in [5, 5.41) is 2.94. The molecule has 0 aromatic carbocycles. The van der Waals surface area contributed by atoms with Crippen LogP contribution in [0.3, 0.4) is 0 Å². The number of aromatic nitrogens is 2. The highest BCUT2D eigenvalue weighted by atomic mass is 16.2. The summed E-state index contributed by atoms with van der Waals surface area (Å²) in [4.78, 5) is 16.0. The molecule has 0 saturated heterocycles. The van der Waals surface area contributed by atoms with Crippen LogP contribution in [0, 0.1) is 12.8 Å². The molecule has 0 unspecified atom stereocenters. The second kappa shape index (κ2) is 3.33. The number of nitrogens with one attached hydrogen (secondary N) is 1. The zero-order chi connectivity index (χ0) is 11.1. The quantitative estimate of drug-likeness (QED) is 0.832. The molecule has 1 aliphatic carbocycles. The average Bonchev–Trinajstić information content (AvgIpc) is 3.05. The first-order valence-electron chi connectivity index (χ1n) is 5.49. The van der Waals surface area contributed by atoms with Crippen LogP contribution in [0.1, 0.15) is 18.5 Å². The SMILES string of the molecule is Cc1cnc2c(NC(=O)C3CC3)cccn12. The van der Waals surface area contributed by atoms with Crippen molar-refractivity contribution in [1.29, 1.82) is 0 Å². The van der Waals surface area contributed by atoms with E-state index in [0.717, 1.165) is 29.9 Å². The number of rotatable bonds is 2. The third-order valence-corrected chi connectivity index (χ3v) is 2.93. The van der Waals surface area contributed by atoms with Crippen LogP contribution in [0.5, 0.6) is 0 Å². The molecule has 1 amide bonds. The van der Waals surface area contributed by atoms with E-state index in [0.29, 0.717) is 0 Å². The van der Waals surface area contributed by atoms with E-state index >= 15 is 0 Å². The highest BCUT2D eigenvalue weighted by Gasteiger charge is 2.29. The van der Waals surface area contributed by atoms with Crippen molar-refractivity contribution in [2.45, 2.75) is 19.8 Å². The first-order chi connectivity index (χ1) is 7.75. The van der Waals surface area contributed by atoms with E-state index in [4.69, 9.17) is 0 Å². The first kappa shape index (κ1) is 9.39. The van der Waals surface area contributed by atoms with Crippen LogP contribution in [-0.2, 0) is 4.79 Å². The highest BCUT2D eigenvalue weighted by molar-refractivity contribution is 5.96. The van der Waals surface area contributed by atoms with Crippen molar-refractivity contribution >= 4 is 17.2 Å². The topological polar surface area (TPSA) is 46.4 Å². The van der Waals surface area contributed by atoms with Gasteiger partial charge in [0.15, 0.2) is 5.65 Å². The van der Waals surface area contributed by atoms with Crippen molar-refractivity contribution in [3.05, 3.63) is 30.2 Å². The van der Waals surface area contributed by atoms with E-state index in [-0.39, 0.29) is 11.8 Å². The Morgan fingerprint density at radius 2 is 2.38 bits per heavy atom. The normalized spacial score (nSPS) is 15.3. The van der Waals surface area contributed by atoms with Crippen molar-refractivity contribution < 1.29 is 4.79 Å². The van der Waals surface area contributed by atoms with Gasteiger partial charge in [0.2, 0.25) is 5.91 Å². The number of pyridine rings is 1. The number of hydrogen-bond acceptors (Lipinski definition) is 2. The van der Waals surface area contributed by atoms with Crippen molar-refractivity contribution in [3.8, 4) is 0 Å². The third kappa shape index (κ3) is 1.46. The van der Waals surface area contributed by atoms with Crippen LogP contribution in [-0.4, -0.2) is 15.3 Å². The molecule has 0 radical (unpaired) electrons. The molecule has 0 bridgehead atoms. The molecule has 2 heterocycles. The fraction of sp³-hybridized carbons (Fsp3) is 0.333. The Hall–Kier alpha value is -1.84. The van der Waals surface area contributed by atoms with Crippen LogP contribution in [0.4, 0.5) is 5.69 Å². The maximum absolute atomic E-state index is 11.7. The van der Waals surface area contributed by atoms with Crippen molar-refractivity contribution in [2.24, 2.45) is 5.92 Å². The summed E-state index contributed by atoms with van der Waals surface area (Å²) in [5.41, 5.74) is 2.68. The Morgan fingerprint density at radius 1 is 1.56 bits per heavy atom. The smallest absolute Gasteiger partial charge is 0.227 e. The van der Waals surface area contributed by atoms with Gasteiger partial charge in [0, 0.05) is 24.0 Å². The number of imidazole rings is 1. The summed E-state index contributed by atoms with van der Waals surface area (Å²) in [6, 6.07) is 3.81. The number of fused-ring (bicyclic) bond motifs is 1. The van der Waals surface area contributed by atoms with E-state index < -0.39 is 0 Å². The Bertz CT molecular complexity index is 554. The van der Waals surface area contributed by atoms with Gasteiger partial charge in [-0.1, -0.05) is 0 Å². The molecule has 16 heavy (non-hydrogen) atoms. The summed E-state index contributed by atoms with van der Waals surface area (Å²) in [5.74, 6) is 0.338. The van der Waals surface area contributed by atoms with E-state index in [1.165, 1.54) is 0 Å². The summed E-state index contributed by atoms with van der Waals surface area (Å²) in [6.07, 6.45) is 5.79. The zero-order valence-electron chi connectivity index (χ0n) is 9.10. The van der Waals surface area contributed by atoms with Crippen LogP contribution in [0.25, 0.3) is 5.65 Å². The molecular weight excluding hydrogens is 202 g/mol. The Balaban J connectivity index is 1.99. The number of nitrogens with zero attached hydrogens (tertiary/aromatic N) is 2. The van der Waals surface area contributed by atoms with E-state index in [1.807, 2.05) is 35.9 Å². The Labute approximate surface area is 93.3 Å². The van der Waals surface area contributed by atoms with Gasteiger partial charge in [-0.05, 0) is 31.9 Å². The molecule has 2 aromatic rings. The standard InChI is InChI=1S/C12H13N3O/c1-8-7-13-11-10(3-2-6-15(8)11)14-12(16)9-4-5-9/h2-3,6-7,9H,4-5H2,1H3,(H,14,16). The lowest BCUT2D eigenvalue weighted by Crippen LogP contribution is -2.14. The molecule has 0 aliphatic heterocycles. The van der Waals surface area contributed by atoms with Gasteiger partial charge in [0.05, 0.1) is 5.69 Å².